The maximum Gasteiger partial charge on any atom is 0.0619 e. The Kier molecular flexibility index (Phi) is 9.99. The van der Waals surface area contributed by atoms with Gasteiger partial charge in [0.2, 0.25) is 0 Å². The van der Waals surface area contributed by atoms with Gasteiger partial charge in [0.15, 0.2) is 0 Å². The van der Waals surface area contributed by atoms with Gasteiger partial charge in [-0.25, -0.2) is 0 Å². The van der Waals surface area contributed by atoms with Gasteiger partial charge in [0.25, 0.3) is 0 Å². The van der Waals surface area contributed by atoms with Crippen molar-refractivity contribution in [1.82, 2.24) is 4.57 Å². The number of rotatable bonds is 9. The van der Waals surface area contributed by atoms with E-state index < -0.39 is 0 Å². The normalized spacial score (nSPS) is 13.8. The quantitative estimate of drug-likeness (QED) is 0.140. The number of fused-ring (bicyclic) bond motifs is 6. The number of aromatic nitrogens is 1. The molecule has 0 spiro atoms. The van der Waals surface area contributed by atoms with Crippen LogP contribution in [0.4, 0.5) is 17.1 Å². The number of benzene rings is 11. The Morgan fingerprint density at radius 2 is 0.843 bits per heavy atom. The molecule has 11 aromatic carbocycles. The maximum absolute atomic E-state index is 2.49. The van der Waals surface area contributed by atoms with E-state index >= 15 is 0 Å². The summed E-state index contributed by atoms with van der Waals surface area (Å²) in [6.45, 7) is 2.39. The zero-order valence-corrected chi connectivity index (χ0v) is 38.9. The average Bonchev–Trinajstić information content (AvgIpc) is 3.91. The van der Waals surface area contributed by atoms with Gasteiger partial charge in [-0.15, -0.1) is 0 Å². The molecule has 2 heteroatoms. The van der Waals surface area contributed by atoms with Crippen LogP contribution in [0, 0.1) is 0 Å². The van der Waals surface area contributed by atoms with Crippen molar-refractivity contribution in [2.45, 2.75) is 12.3 Å². The van der Waals surface area contributed by atoms with Gasteiger partial charge in [-0.3, -0.25) is 0 Å². The predicted octanol–water partition coefficient (Wildman–Crippen LogP) is 18.3. The second-order valence-electron chi connectivity index (χ2n) is 18.5. The summed E-state index contributed by atoms with van der Waals surface area (Å²) < 4.78 is 2.44. The molecule has 13 rings (SSSR count). The molecule has 0 aliphatic heterocycles. The summed E-state index contributed by atoms with van der Waals surface area (Å²) in [7, 11) is 0. The van der Waals surface area contributed by atoms with E-state index in [1.807, 2.05) is 0 Å². The first kappa shape index (κ1) is 41.2. The van der Waals surface area contributed by atoms with Gasteiger partial charge in [-0.2, -0.15) is 0 Å². The van der Waals surface area contributed by atoms with Crippen molar-refractivity contribution in [3.05, 3.63) is 290 Å². The van der Waals surface area contributed by atoms with Gasteiger partial charge >= 0.3 is 0 Å². The molecule has 0 saturated heterocycles. The summed E-state index contributed by atoms with van der Waals surface area (Å²) in [6, 6.07) is 100. The zero-order valence-electron chi connectivity index (χ0n) is 38.9. The molecule has 1 aliphatic carbocycles. The minimum Gasteiger partial charge on any atom is -0.310 e. The van der Waals surface area contributed by atoms with Crippen LogP contribution in [0.15, 0.2) is 273 Å². The Balaban J connectivity index is 1.05. The van der Waals surface area contributed by atoms with E-state index in [-0.39, 0.29) is 5.41 Å². The molecule has 0 bridgehead atoms. The lowest BCUT2D eigenvalue weighted by Gasteiger charge is -2.31. The molecule has 12 aromatic rings. The van der Waals surface area contributed by atoms with Crippen LogP contribution in [0.1, 0.15) is 23.6 Å². The van der Waals surface area contributed by atoms with Crippen LogP contribution in [0.2, 0.25) is 0 Å². The summed E-state index contributed by atoms with van der Waals surface area (Å²) in [5, 5.41) is 2.47. The Labute approximate surface area is 409 Å². The van der Waals surface area contributed by atoms with Crippen LogP contribution >= 0.6 is 0 Å². The minimum absolute atomic E-state index is 0.310. The Morgan fingerprint density at radius 3 is 1.61 bits per heavy atom. The molecule has 1 aliphatic rings. The third-order valence-corrected chi connectivity index (χ3v) is 14.7. The topological polar surface area (TPSA) is 8.17 Å². The van der Waals surface area contributed by atoms with Gasteiger partial charge in [-0.1, -0.05) is 224 Å². The Hall–Kier alpha value is -8.98. The van der Waals surface area contributed by atoms with E-state index in [0.29, 0.717) is 0 Å². The van der Waals surface area contributed by atoms with Crippen LogP contribution in [0.5, 0.6) is 0 Å². The fourth-order valence-corrected chi connectivity index (χ4v) is 11.5. The Morgan fingerprint density at radius 1 is 0.329 bits per heavy atom. The smallest absolute Gasteiger partial charge is 0.0619 e. The molecule has 1 atom stereocenters. The minimum atomic E-state index is -0.310. The highest BCUT2D eigenvalue weighted by atomic mass is 15.1. The third-order valence-electron chi connectivity index (χ3n) is 14.7. The highest BCUT2D eigenvalue weighted by Crippen LogP contribution is 2.55. The van der Waals surface area contributed by atoms with Crippen molar-refractivity contribution in [1.29, 1.82) is 0 Å². The van der Waals surface area contributed by atoms with Gasteiger partial charge in [0, 0.05) is 44.4 Å². The fraction of sp³-hybridized carbons (Fsp3) is 0.0294. The van der Waals surface area contributed by atoms with Crippen LogP contribution in [0.3, 0.4) is 0 Å². The molecule has 0 saturated carbocycles. The van der Waals surface area contributed by atoms with Gasteiger partial charge in [-0.05, 0) is 117 Å². The summed E-state index contributed by atoms with van der Waals surface area (Å²) in [4.78, 5) is 2.49. The van der Waals surface area contributed by atoms with Crippen molar-refractivity contribution in [3.8, 4) is 61.3 Å². The predicted molar refractivity (Wildman–Crippen MR) is 295 cm³/mol. The lowest BCUT2D eigenvalue weighted by molar-refractivity contribution is 0.714. The van der Waals surface area contributed by atoms with Gasteiger partial charge < -0.3 is 9.47 Å². The molecular formula is C68H48N2. The molecule has 70 heavy (non-hydrogen) atoms. The molecule has 1 heterocycles. The standard InChI is InChI=1S/C68H48N2/c1-68(49-26-7-3-8-27-49)63-40-18-15-35-58(63)62-46-52(43-44-64(62)68)69(65-41-19-16-36-59(65)57-34-14-13-33-56(57)55-32-12-11-31-53(55)47-23-5-2-6-24-47)51-30-21-25-48(45-51)54-38-22-39-61-60-37-17-20-42-66(60)70(67(54)61)50-28-9-4-10-29-50/h2-46H,1H3. The molecule has 0 N–H and O–H groups in total. The summed E-state index contributed by atoms with van der Waals surface area (Å²) >= 11 is 0. The van der Waals surface area contributed by atoms with Gasteiger partial charge in [0.05, 0.1) is 16.7 Å². The molecule has 0 radical (unpaired) electrons. The molecule has 2 nitrogen and oxygen atoms in total. The van der Waals surface area contributed by atoms with Crippen LogP contribution in [0.25, 0.3) is 83.1 Å². The number of hydrogen-bond donors (Lipinski definition) is 0. The lowest BCUT2D eigenvalue weighted by atomic mass is 9.74. The van der Waals surface area contributed by atoms with E-state index in [4.69, 9.17) is 0 Å². The lowest BCUT2D eigenvalue weighted by Crippen LogP contribution is -2.22. The second kappa shape index (κ2) is 17.0. The molecule has 0 amide bonds. The summed E-state index contributed by atoms with van der Waals surface area (Å²) in [5.41, 5.74) is 22.4. The van der Waals surface area contributed by atoms with Crippen molar-refractivity contribution >= 4 is 38.9 Å². The van der Waals surface area contributed by atoms with Crippen LogP contribution in [-0.4, -0.2) is 4.57 Å². The highest BCUT2D eigenvalue weighted by Gasteiger charge is 2.41. The molecule has 1 unspecified atom stereocenters. The van der Waals surface area contributed by atoms with Gasteiger partial charge in [0.1, 0.15) is 0 Å². The van der Waals surface area contributed by atoms with Crippen molar-refractivity contribution in [3.63, 3.8) is 0 Å². The van der Waals surface area contributed by atoms with E-state index in [1.165, 1.54) is 83.0 Å². The van der Waals surface area contributed by atoms with Crippen molar-refractivity contribution in [2.24, 2.45) is 0 Å². The number of hydrogen-bond acceptors (Lipinski definition) is 1. The maximum atomic E-state index is 2.49. The van der Waals surface area contributed by atoms with E-state index in [9.17, 15) is 0 Å². The molecular weight excluding hydrogens is 845 g/mol. The second-order valence-corrected chi connectivity index (χ2v) is 18.5. The van der Waals surface area contributed by atoms with E-state index in [0.717, 1.165) is 33.9 Å². The fourth-order valence-electron chi connectivity index (χ4n) is 11.5. The van der Waals surface area contributed by atoms with Crippen LogP contribution in [-0.2, 0) is 5.41 Å². The van der Waals surface area contributed by atoms with Crippen molar-refractivity contribution in [2.75, 3.05) is 4.90 Å². The average molecular weight is 893 g/mol. The first-order valence-electron chi connectivity index (χ1n) is 24.3. The largest absolute Gasteiger partial charge is 0.310 e. The highest BCUT2D eigenvalue weighted by molar-refractivity contribution is 6.14. The third kappa shape index (κ3) is 6.64. The summed E-state index contributed by atoms with van der Waals surface area (Å²) in [5.74, 6) is 0. The van der Waals surface area contributed by atoms with E-state index in [2.05, 4.69) is 289 Å². The number of nitrogens with zero attached hydrogens (tertiary/aromatic N) is 2. The first-order valence-corrected chi connectivity index (χ1v) is 24.3. The summed E-state index contributed by atoms with van der Waals surface area (Å²) in [6.07, 6.45) is 0. The molecule has 0 fully saturated rings. The van der Waals surface area contributed by atoms with Crippen molar-refractivity contribution < 1.29 is 0 Å². The molecule has 330 valence electrons. The van der Waals surface area contributed by atoms with E-state index in [1.54, 1.807) is 0 Å². The molecule has 1 aromatic heterocycles. The SMILES string of the molecule is CC1(c2ccccc2)c2ccccc2-c2cc(N(c3cccc(-c4cccc5c6ccccc6n(-c6ccccc6)c45)c3)c3ccccc3-c3ccccc3-c3ccccc3-c3ccccc3)ccc21. The number of para-hydroxylation sites is 4. The van der Waals surface area contributed by atoms with Crippen LogP contribution < -0.4 is 4.90 Å². The Bertz CT molecular complexity index is 3900. The first-order chi connectivity index (χ1) is 34.6. The number of anilines is 3. The monoisotopic (exact) mass is 892 g/mol. The zero-order chi connectivity index (χ0) is 46.6.